The molecule has 0 saturated carbocycles. The average Bonchev–Trinajstić information content (AvgIpc) is 2.86. The van der Waals surface area contributed by atoms with E-state index in [1.165, 1.54) is 31.2 Å². The quantitative estimate of drug-likeness (QED) is 0.666. The first kappa shape index (κ1) is 14.7. The molecule has 2 aromatic rings. The van der Waals surface area contributed by atoms with Crippen molar-refractivity contribution in [1.82, 2.24) is 0 Å². The van der Waals surface area contributed by atoms with Crippen molar-refractivity contribution in [3.05, 3.63) is 55.8 Å². The van der Waals surface area contributed by atoms with E-state index in [-0.39, 0.29) is 21.8 Å². The maximum absolute atomic E-state index is 12.1. The summed E-state index contributed by atoms with van der Waals surface area (Å²) in [6.45, 7) is 1.53. The van der Waals surface area contributed by atoms with E-state index in [1.54, 1.807) is 5.38 Å². The van der Waals surface area contributed by atoms with Crippen molar-refractivity contribution >= 4 is 34.6 Å². The number of nitro groups is 1. The Hall–Kier alpha value is -2.74. The van der Waals surface area contributed by atoms with Crippen LogP contribution in [0.2, 0.25) is 0 Å². The van der Waals surface area contributed by atoms with Gasteiger partial charge in [0.2, 0.25) is 0 Å². The molecule has 0 bridgehead atoms. The summed E-state index contributed by atoms with van der Waals surface area (Å²) < 4.78 is 0. The molecule has 2 N–H and O–H groups in total. The lowest BCUT2D eigenvalue weighted by Gasteiger charge is -2.05. The van der Waals surface area contributed by atoms with Crippen LogP contribution in [0.3, 0.4) is 0 Å². The molecule has 108 valence electrons. The van der Waals surface area contributed by atoms with Crippen molar-refractivity contribution in [2.45, 2.75) is 6.92 Å². The SMILES string of the molecule is Cc1cc(C(=O)Nc2ccsc2C(=O)O)ccc1[N+](=O)[O-]. The van der Waals surface area contributed by atoms with Gasteiger partial charge in [-0.05, 0) is 30.5 Å². The first-order valence-electron chi connectivity index (χ1n) is 5.77. The average molecular weight is 306 g/mol. The van der Waals surface area contributed by atoms with E-state index in [1.807, 2.05) is 0 Å². The van der Waals surface area contributed by atoms with Gasteiger partial charge in [0.25, 0.3) is 11.6 Å². The van der Waals surface area contributed by atoms with Gasteiger partial charge >= 0.3 is 5.97 Å². The molecule has 21 heavy (non-hydrogen) atoms. The topological polar surface area (TPSA) is 110 Å². The molecule has 0 radical (unpaired) electrons. The van der Waals surface area contributed by atoms with E-state index < -0.39 is 16.8 Å². The van der Waals surface area contributed by atoms with E-state index in [0.717, 1.165) is 11.3 Å². The van der Waals surface area contributed by atoms with Gasteiger partial charge in [0.05, 0.1) is 10.6 Å². The zero-order valence-corrected chi connectivity index (χ0v) is 11.6. The van der Waals surface area contributed by atoms with Crippen molar-refractivity contribution in [2.24, 2.45) is 0 Å². The van der Waals surface area contributed by atoms with Gasteiger partial charge in [-0.25, -0.2) is 4.79 Å². The first-order chi connectivity index (χ1) is 9.90. The third-order valence-electron chi connectivity index (χ3n) is 2.76. The number of aromatic carboxylic acids is 1. The predicted molar refractivity (Wildman–Crippen MR) is 77.1 cm³/mol. The van der Waals surface area contributed by atoms with Crippen LogP contribution in [0.1, 0.15) is 25.6 Å². The Kier molecular flexibility index (Phi) is 3.99. The fraction of sp³-hybridized carbons (Fsp3) is 0.0769. The highest BCUT2D eigenvalue weighted by Crippen LogP contribution is 2.24. The van der Waals surface area contributed by atoms with Gasteiger partial charge in [-0.3, -0.25) is 14.9 Å². The van der Waals surface area contributed by atoms with Gasteiger partial charge in [0, 0.05) is 17.2 Å². The van der Waals surface area contributed by atoms with E-state index >= 15 is 0 Å². The Bertz CT molecular complexity index is 738. The van der Waals surface area contributed by atoms with Crippen LogP contribution in [0.5, 0.6) is 0 Å². The summed E-state index contributed by atoms with van der Waals surface area (Å²) in [6.07, 6.45) is 0. The number of nitrogens with one attached hydrogen (secondary N) is 1. The van der Waals surface area contributed by atoms with Crippen molar-refractivity contribution in [2.75, 3.05) is 5.32 Å². The lowest BCUT2D eigenvalue weighted by Crippen LogP contribution is -2.13. The first-order valence-corrected chi connectivity index (χ1v) is 6.65. The zero-order valence-electron chi connectivity index (χ0n) is 10.8. The summed E-state index contributed by atoms with van der Waals surface area (Å²) in [7, 11) is 0. The Balaban J connectivity index is 2.25. The predicted octanol–water partition coefficient (Wildman–Crippen LogP) is 2.92. The number of carboxylic acid groups (broad SMARTS) is 1. The number of carbonyl (C=O) groups is 2. The molecule has 1 heterocycles. The molecule has 0 aliphatic rings. The Labute approximate surface area is 123 Å². The Morgan fingerprint density at radius 3 is 2.62 bits per heavy atom. The third kappa shape index (κ3) is 3.06. The van der Waals surface area contributed by atoms with Crippen molar-refractivity contribution in [3.63, 3.8) is 0 Å². The third-order valence-corrected chi connectivity index (χ3v) is 3.67. The van der Waals surface area contributed by atoms with E-state index in [2.05, 4.69) is 5.32 Å². The van der Waals surface area contributed by atoms with Crippen LogP contribution in [0.4, 0.5) is 11.4 Å². The molecule has 1 aromatic heterocycles. The number of thiophene rings is 1. The number of anilines is 1. The largest absolute Gasteiger partial charge is 0.477 e. The van der Waals surface area contributed by atoms with Crippen molar-refractivity contribution in [3.8, 4) is 0 Å². The molecule has 8 heteroatoms. The number of hydrogen-bond acceptors (Lipinski definition) is 5. The summed E-state index contributed by atoms with van der Waals surface area (Å²) in [4.78, 5) is 33.2. The van der Waals surface area contributed by atoms with Gasteiger partial charge in [0.15, 0.2) is 0 Å². The minimum atomic E-state index is -1.12. The number of benzene rings is 1. The van der Waals surface area contributed by atoms with E-state index in [4.69, 9.17) is 5.11 Å². The highest BCUT2D eigenvalue weighted by molar-refractivity contribution is 7.12. The smallest absolute Gasteiger partial charge is 0.348 e. The number of nitrogens with zero attached hydrogens (tertiary/aromatic N) is 1. The van der Waals surface area contributed by atoms with Gasteiger partial charge in [0.1, 0.15) is 4.88 Å². The maximum atomic E-state index is 12.1. The normalized spacial score (nSPS) is 10.1. The second kappa shape index (κ2) is 5.71. The minimum absolute atomic E-state index is 0.0296. The molecule has 0 saturated heterocycles. The van der Waals surface area contributed by atoms with Gasteiger partial charge in [-0.2, -0.15) is 0 Å². The standard InChI is InChI=1S/C13H10N2O5S/c1-7-6-8(2-3-10(7)15(19)20)12(16)14-9-4-5-21-11(9)13(17)18/h2-6H,1H3,(H,14,16)(H,17,18). The molecule has 0 unspecified atom stereocenters. The minimum Gasteiger partial charge on any atom is -0.477 e. The summed E-state index contributed by atoms with van der Waals surface area (Å²) in [5.41, 5.74) is 0.707. The van der Waals surface area contributed by atoms with Gasteiger partial charge in [-0.15, -0.1) is 11.3 Å². The molecular weight excluding hydrogens is 296 g/mol. The Morgan fingerprint density at radius 1 is 1.33 bits per heavy atom. The lowest BCUT2D eigenvalue weighted by molar-refractivity contribution is -0.385. The van der Waals surface area contributed by atoms with Crippen LogP contribution in [0.15, 0.2) is 29.6 Å². The second-order valence-corrected chi connectivity index (χ2v) is 5.10. The monoisotopic (exact) mass is 306 g/mol. The van der Waals surface area contributed by atoms with E-state index in [9.17, 15) is 19.7 Å². The maximum Gasteiger partial charge on any atom is 0.348 e. The number of carbonyl (C=O) groups excluding carboxylic acids is 1. The molecular formula is C13H10N2O5S. The zero-order chi connectivity index (χ0) is 15.6. The second-order valence-electron chi connectivity index (χ2n) is 4.18. The fourth-order valence-corrected chi connectivity index (χ4v) is 2.46. The van der Waals surface area contributed by atoms with Crippen molar-refractivity contribution in [1.29, 1.82) is 0 Å². The fourth-order valence-electron chi connectivity index (χ4n) is 1.77. The molecule has 7 nitrogen and oxygen atoms in total. The summed E-state index contributed by atoms with van der Waals surface area (Å²) in [5, 5.41) is 23.7. The van der Waals surface area contributed by atoms with Crippen LogP contribution in [0, 0.1) is 17.0 Å². The molecule has 1 amide bonds. The molecule has 1 aromatic carbocycles. The molecule has 0 aliphatic heterocycles. The molecule has 0 fully saturated rings. The number of aryl methyl sites for hydroxylation is 1. The Morgan fingerprint density at radius 2 is 2.05 bits per heavy atom. The summed E-state index contributed by atoms with van der Waals surface area (Å²) in [6, 6.07) is 5.45. The number of hydrogen-bond donors (Lipinski definition) is 2. The van der Waals surface area contributed by atoms with Gasteiger partial charge < -0.3 is 10.4 Å². The molecule has 2 rings (SSSR count). The molecule has 0 atom stereocenters. The number of rotatable bonds is 4. The van der Waals surface area contributed by atoms with Crippen LogP contribution in [0.25, 0.3) is 0 Å². The number of nitro benzene ring substituents is 1. The molecule has 0 spiro atoms. The van der Waals surface area contributed by atoms with Crippen molar-refractivity contribution < 1.29 is 19.6 Å². The van der Waals surface area contributed by atoms with Crippen LogP contribution in [-0.2, 0) is 0 Å². The summed E-state index contributed by atoms with van der Waals surface area (Å²) >= 11 is 1.00. The van der Waals surface area contributed by atoms with Crippen LogP contribution in [-0.4, -0.2) is 21.9 Å². The van der Waals surface area contributed by atoms with Crippen LogP contribution >= 0.6 is 11.3 Å². The lowest BCUT2D eigenvalue weighted by atomic mass is 10.1. The highest BCUT2D eigenvalue weighted by atomic mass is 32.1. The summed E-state index contributed by atoms with van der Waals surface area (Å²) in [5.74, 6) is -1.64. The van der Waals surface area contributed by atoms with Gasteiger partial charge in [-0.1, -0.05) is 0 Å². The van der Waals surface area contributed by atoms with Crippen LogP contribution < -0.4 is 5.32 Å². The highest BCUT2D eigenvalue weighted by Gasteiger charge is 2.17. The van der Waals surface area contributed by atoms with E-state index in [0.29, 0.717) is 5.56 Å². The molecule has 0 aliphatic carbocycles. The number of amides is 1. The number of carboxylic acids is 1.